The van der Waals surface area contributed by atoms with Gasteiger partial charge in [0.15, 0.2) is 0 Å². The second-order valence-corrected chi connectivity index (χ2v) is 16.0. The minimum absolute atomic E-state index is 0.0723. The predicted octanol–water partition coefficient (Wildman–Crippen LogP) is 13.9. The number of allylic oxidation sites excluding steroid dienone is 16. The molecule has 0 aliphatic heterocycles. The largest absolute Gasteiger partial charge is 0.472 e. The summed E-state index contributed by atoms with van der Waals surface area (Å²) < 4.78 is 33.4. The number of carbonyl (C=O) groups excluding carboxylic acids is 1. The molecular formula is C49H84NO7P. The van der Waals surface area contributed by atoms with Crippen LogP contribution in [0.2, 0.25) is 0 Å². The minimum Gasteiger partial charge on any atom is -0.457 e. The maximum atomic E-state index is 12.6. The van der Waals surface area contributed by atoms with Crippen LogP contribution in [-0.4, -0.2) is 49.9 Å². The molecule has 0 saturated heterocycles. The van der Waals surface area contributed by atoms with Crippen molar-refractivity contribution < 1.29 is 32.8 Å². The average Bonchev–Trinajstić information content (AvgIpc) is 3.21. The van der Waals surface area contributed by atoms with E-state index in [-0.39, 0.29) is 32.3 Å². The summed E-state index contributed by atoms with van der Waals surface area (Å²) in [5.41, 5.74) is 5.37. The number of rotatable bonds is 42. The Kier molecular flexibility index (Phi) is 43.5. The van der Waals surface area contributed by atoms with Crippen LogP contribution >= 0.6 is 7.82 Å². The first-order chi connectivity index (χ1) is 28.4. The van der Waals surface area contributed by atoms with Crippen molar-refractivity contribution in [3.63, 3.8) is 0 Å². The van der Waals surface area contributed by atoms with Gasteiger partial charge in [-0.05, 0) is 83.5 Å². The van der Waals surface area contributed by atoms with Gasteiger partial charge in [-0.1, -0.05) is 175 Å². The van der Waals surface area contributed by atoms with Gasteiger partial charge in [0.25, 0.3) is 0 Å². The van der Waals surface area contributed by atoms with Gasteiger partial charge in [-0.2, -0.15) is 0 Å². The lowest BCUT2D eigenvalue weighted by molar-refractivity contribution is -0.154. The highest BCUT2D eigenvalue weighted by atomic mass is 31.2. The second kappa shape index (κ2) is 45.5. The molecule has 2 unspecified atom stereocenters. The van der Waals surface area contributed by atoms with E-state index in [1.165, 1.54) is 64.2 Å². The molecule has 2 atom stereocenters. The van der Waals surface area contributed by atoms with Crippen LogP contribution in [0, 0.1) is 0 Å². The normalized spacial score (nSPS) is 14.3. The lowest BCUT2D eigenvalue weighted by Crippen LogP contribution is -2.28. The van der Waals surface area contributed by atoms with Crippen molar-refractivity contribution in [3.05, 3.63) is 97.2 Å². The smallest absolute Gasteiger partial charge is 0.457 e. The highest BCUT2D eigenvalue weighted by molar-refractivity contribution is 7.47. The van der Waals surface area contributed by atoms with E-state index < -0.39 is 13.9 Å². The summed E-state index contributed by atoms with van der Waals surface area (Å²) in [7, 11) is -4.30. The zero-order valence-corrected chi connectivity index (χ0v) is 37.6. The first-order valence-corrected chi connectivity index (χ1v) is 24.2. The topological polar surface area (TPSA) is 117 Å². The Morgan fingerprint density at radius 2 is 0.914 bits per heavy atom. The molecule has 3 N–H and O–H groups in total. The number of nitrogens with two attached hydrogens (primary N) is 1. The summed E-state index contributed by atoms with van der Waals surface area (Å²) in [5.74, 6) is -0.355. The summed E-state index contributed by atoms with van der Waals surface area (Å²) in [4.78, 5) is 22.5. The zero-order chi connectivity index (χ0) is 42.3. The van der Waals surface area contributed by atoms with Gasteiger partial charge in [0.1, 0.15) is 6.10 Å². The third-order valence-electron chi connectivity index (χ3n) is 9.00. The fourth-order valence-electron chi connectivity index (χ4n) is 5.76. The second-order valence-electron chi connectivity index (χ2n) is 14.5. The molecule has 8 nitrogen and oxygen atoms in total. The van der Waals surface area contributed by atoms with E-state index in [0.717, 1.165) is 83.5 Å². The van der Waals surface area contributed by atoms with Crippen LogP contribution in [0.15, 0.2) is 97.2 Å². The molecule has 0 amide bonds. The van der Waals surface area contributed by atoms with E-state index in [2.05, 4.69) is 111 Å². The van der Waals surface area contributed by atoms with Crippen molar-refractivity contribution in [2.24, 2.45) is 5.73 Å². The molecule has 0 fully saturated rings. The molecule has 0 aromatic rings. The minimum atomic E-state index is -4.30. The number of carbonyl (C=O) groups is 1. The van der Waals surface area contributed by atoms with Crippen LogP contribution in [0.1, 0.15) is 168 Å². The molecule has 332 valence electrons. The Morgan fingerprint density at radius 3 is 1.36 bits per heavy atom. The van der Waals surface area contributed by atoms with E-state index >= 15 is 0 Å². The number of unbranched alkanes of at least 4 members (excludes halogenated alkanes) is 13. The maximum Gasteiger partial charge on any atom is 0.472 e. The van der Waals surface area contributed by atoms with E-state index in [1.54, 1.807) is 0 Å². The Labute approximate surface area is 355 Å². The van der Waals surface area contributed by atoms with Gasteiger partial charge in [0, 0.05) is 19.6 Å². The van der Waals surface area contributed by atoms with Crippen molar-refractivity contribution >= 4 is 13.8 Å². The van der Waals surface area contributed by atoms with Crippen molar-refractivity contribution in [2.45, 2.75) is 174 Å². The Balaban J connectivity index is 4.03. The van der Waals surface area contributed by atoms with Gasteiger partial charge < -0.3 is 20.1 Å². The molecule has 58 heavy (non-hydrogen) atoms. The molecule has 0 saturated carbocycles. The van der Waals surface area contributed by atoms with Crippen molar-refractivity contribution in [1.82, 2.24) is 0 Å². The lowest BCUT2D eigenvalue weighted by atomic mass is 10.0. The van der Waals surface area contributed by atoms with Gasteiger partial charge in [-0.3, -0.25) is 13.8 Å². The van der Waals surface area contributed by atoms with Crippen LogP contribution in [0.25, 0.3) is 0 Å². The lowest BCUT2D eigenvalue weighted by Gasteiger charge is -2.20. The Bertz CT molecular complexity index is 1200. The quantitative estimate of drug-likeness (QED) is 0.0270. The molecule has 0 radical (unpaired) electrons. The molecule has 0 aromatic heterocycles. The first-order valence-electron chi connectivity index (χ1n) is 22.7. The summed E-state index contributed by atoms with van der Waals surface area (Å²) >= 11 is 0. The third-order valence-corrected chi connectivity index (χ3v) is 9.98. The summed E-state index contributed by atoms with van der Waals surface area (Å²) in [6.45, 7) is 4.52. The zero-order valence-electron chi connectivity index (χ0n) is 36.7. The predicted molar refractivity (Wildman–Crippen MR) is 247 cm³/mol. The van der Waals surface area contributed by atoms with E-state index in [9.17, 15) is 14.3 Å². The number of esters is 1. The summed E-state index contributed by atoms with van der Waals surface area (Å²) in [6, 6.07) is 0. The summed E-state index contributed by atoms with van der Waals surface area (Å²) in [5, 5.41) is 0. The molecular weight excluding hydrogens is 746 g/mol. The summed E-state index contributed by atoms with van der Waals surface area (Å²) in [6.07, 6.45) is 60.2. The molecule has 9 heteroatoms. The molecule has 0 bridgehead atoms. The van der Waals surface area contributed by atoms with E-state index in [4.69, 9.17) is 24.3 Å². The number of hydrogen-bond donors (Lipinski definition) is 2. The van der Waals surface area contributed by atoms with Gasteiger partial charge >= 0.3 is 13.8 Å². The van der Waals surface area contributed by atoms with Gasteiger partial charge in [-0.25, -0.2) is 4.57 Å². The average molecular weight is 830 g/mol. The fourth-order valence-corrected chi connectivity index (χ4v) is 6.52. The standard InChI is InChI=1S/C49H84NO7P/c1-3-5-7-9-11-13-15-17-19-20-21-22-23-24-25-26-27-28-29-30-32-34-36-38-40-42-49(51)57-48(47-56-58(52,53)55-45-43-50)46-54-44-41-39-37-35-33-31-18-16-14-12-10-8-6-4-2/h5-8,11-14,17-19,21-22,31,35,37,48H,3-4,9-10,15-16,20,23-30,32-34,36,38-47,50H2,1-2H3,(H,52,53)/b7-5-,8-6-,13-11-,14-12-,19-17-,22-21-,31-18-,37-35-. The van der Waals surface area contributed by atoms with E-state index in [1.807, 2.05) is 0 Å². The van der Waals surface area contributed by atoms with Gasteiger partial charge in [0.05, 0.1) is 19.8 Å². The number of hydrogen-bond acceptors (Lipinski definition) is 7. The van der Waals surface area contributed by atoms with Crippen molar-refractivity contribution in [2.75, 3.05) is 33.0 Å². The van der Waals surface area contributed by atoms with Crippen LogP contribution in [0.5, 0.6) is 0 Å². The molecule has 0 aliphatic rings. The number of phosphoric ester groups is 1. The number of phosphoric acid groups is 1. The third kappa shape index (κ3) is 44.5. The monoisotopic (exact) mass is 830 g/mol. The molecule has 0 aromatic carbocycles. The number of ether oxygens (including phenoxy) is 2. The van der Waals surface area contributed by atoms with E-state index in [0.29, 0.717) is 13.0 Å². The molecule has 0 aliphatic carbocycles. The van der Waals surface area contributed by atoms with Crippen LogP contribution in [0.3, 0.4) is 0 Å². The van der Waals surface area contributed by atoms with Gasteiger partial charge in [-0.15, -0.1) is 0 Å². The molecule has 0 spiro atoms. The SMILES string of the molecule is CC/C=C\C/C=C\C/C=C\C/C=C\CCCCCCCCCCCCCCC(=O)OC(COCCC/C=C\C/C=C\C/C=C\C/C=C\CC)COP(=O)(O)OCCN. The Morgan fingerprint density at radius 1 is 0.517 bits per heavy atom. The Hall–Kier alpha value is -2.58. The van der Waals surface area contributed by atoms with Gasteiger partial charge in [0.2, 0.25) is 0 Å². The van der Waals surface area contributed by atoms with Crippen LogP contribution in [-0.2, 0) is 27.9 Å². The first kappa shape index (κ1) is 55.4. The maximum absolute atomic E-state index is 12.6. The fraction of sp³-hybridized carbons (Fsp3) is 0.653. The molecule has 0 heterocycles. The molecule has 0 rings (SSSR count). The van der Waals surface area contributed by atoms with Crippen molar-refractivity contribution in [1.29, 1.82) is 0 Å². The van der Waals surface area contributed by atoms with Crippen LogP contribution < -0.4 is 5.73 Å². The highest BCUT2D eigenvalue weighted by Crippen LogP contribution is 2.43. The highest BCUT2D eigenvalue weighted by Gasteiger charge is 2.25. The van der Waals surface area contributed by atoms with Crippen molar-refractivity contribution in [3.8, 4) is 0 Å². The van der Waals surface area contributed by atoms with Crippen LogP contribution in [0.4, 0.5) is 0 Å².